The molecule has 1 saturated carbocycles. The molecule has 0 bridgehead atoms. The van der Waals surface area contributed by atoms with Gasteiger partial charge in [-0.05, 0) is 30.5 Å². The third-order valence-corrected chi connectivity index (χ3v) is 4.77. The summed E-state index contributed by atoms with van der Waals surface area (Å²) in [7, 11) is 5.49. The Balaban J connectivity index is 0.00000261. The van der Waals surface area contributed by atoms with Gasteiger partial charge < -0.3 is 24.6 Å². The number of hydrogen-bond acceptors (Lipinski definition) is 4. The second-order valence-corrected chi connectivity index (χ2v) is 7.10. The van der Waals surface area contributed by atoms with Crippen molar-refractivity contribution in [3.05, 3.63) is 23.8 Å². The Morgan fingerprint density at radius 3 is 2.59 bits per heavy atom. The Labute approximate surface area is 178 Å². The lowest BCUT2D eigenvalue weighted by atomic mass is 10.2. The molecule has 1 N–H and O–H groups in total. The molecule has 0 spiro atoms. The number of fused-ring (bicyclic) bond motifs is 1. The zero-order valence-electron chi connectivity index (χ0n) is 16.2. The second kappa shape index (κ2) is 10.0. The Morgan fingerprint density at radius 2 is 1.89 bits per heavy atom. The van der Waals surface area contributed by atoms with Gasteiger partial charge in [0, 0.05) is 33.7 Å². The molecule has 0 saturated heterocycles. The van der Waals surface area contributed by atoms with Crippen LogP contribution in [0.1, 0.15) is 31.2 Å². The van der Waals surface area contributed by atoms with Crippen LogP contribution in [0.2, 0.25) is 0 Å². The molecule has 0 atom stereocenters. The van der Waals surface area contributed by atoms with E-state index >= 15 is 0 Å². The Hall–Kier alpha value is -1.71. The topological polar surface area (TPSA) is 66.4 Å². The largest absolute Gasteiger partial charge is 0.454 e. The molecular weight excluding hydrogens is 459 g/mol. The molecule has 1 aliphatic heterocycles. The van der Waals surface area contributed by atoms with Crippen LogP contribution in [0.4, 0.5) is 0 Å². The average Bonchev–Trinajstić information content (AvgIpc) is 3.28. The van der Waals surface area contributed by atoms with Crippen LogP contribution in [0.25, 0.3) is 0 Å². The summed E-state index contributed by atoms with van der Waals surface area (Å²) in [6.07, 6.45) is 4.79. The lowest BCUT2D eigenvalue weighted by molar-refractivity contribution is -0.127. The van der Waals surface area contributed by atoms with Gasteiger partial charge in [-0.3, -0.25) is 4.79 Å². The predicted molar refractivity (Wildman–Crippen MR) is 116 cm³/mol. The Bertz CT molecular complexity index is 675. The summed E-state index contributed by atoms with van der Waals surface area (Å²) in [5.41, 5.74) is 1.11. The van der Waals surface area contributed by atoms with Crippen molar-refractivity contribution in [3.8, 4) is 11.5 Å². The number of ether oxygens (including phenoxy) is 2. The normalized spacial score (nSPS) is 16.0. The first-order chi connectivity index (χ1) is 12.5. The number of nitrogens with zero attached hydrogens (tertiary/aromatic N) is 3. The molecule has 2 aliphatic rings. The van der Waals surface area contributed by atoms with Gasteiger partial charge in [0.05, 0.1) is 0 Å². The minimum Gasteiger partial charge on any atom is -0.454 e. The zero-order chi connectivity index (χ0) is 18.5. The van der Waals surface area contributed by atoms with Crippen LogP contribution >= 0.6 is 24.0 Å². The first kappa shape index (κ1) is 21.6. The third-order valence-electron chi connectivity index (χ3n) is 4.77. The standard InChI is InChI=1S/C19H28N4O3.HI/c1-22(2)18(24)11-20-19(21-15-6-4-5-7-15)23(3)12-14-8-9-16-17(10-14)26-13-25-16;/h8-10,15H,4-7,11-13H2,1-3H3,(H,20,21);1H. The van der Waals surface area contributed by atoms with E-state index in [4.69, 9.17) is 9.47 Å². The molecule has 3 rings (SSSR count). The van der Waals surface area contributed by atoms with Gasteiger partial charge in [0.25, 0.3) is 0 Å². The maximum absolute atomic E-state index is 11.9. The zero-order valence-corrected chi connectivity index (χ0v) is 18.6. The van der Waals surface area contributed by atoms with Crippen molar-refractivity contribution in [2.24, 2.45) is 4.99 Å². The van der Waals surface area contributed by atoms with Gasteiger partial charge >= 0.3 is 0 Å². The van der Waals surface area contributed by atoms with E-state index in [1.165, 1.54) is 12.8 Å². The van der Waals surface area contributed by atoms with E-state index in [9.17, 15) is 4.79 Å². The van der Waals surface area contributed by atoms with Crippen LogP contribution in [0.5, 0.6) is 11.5 Å². The van der Waals surface area contributed by atoms with Crippen LogP contribution < -0.4 is 14.8 Å². The molecule has 150 valence electrons. The summed E-state index contributed by atoms with van der Waals surface area (Å²) in [6, 6.07) is 6.39. The number of amides is 1. The molecule has 0 radical (unpaired) electrons. The fourth-order valence-corrected chi connectivity index (χ4v) is 3.20. The molecule has 1 aliphatic carbocycles. The predicted octanol–water partition coefficient (Wildman–Crippen LogP) is 2.44. The summed E-state index contributed by atoms with van der Waals surface area (Å²) >= 11 is 0. The summed E-state index contributed by atoms with van der Waals surface area (Å²) < 4.78 is 10.8. The van der Waals surface area contributed by atoms with Gasteiger partial charge in [0.1, 0.15) is 6.54 Å². The van der Waals surface area contributed by atoms with Gasteiger partial charge in [-0.15, -0.1) is 24.0 Å². The van der Waals surface area contributed by atoms with E-state index in [1.54, 1.807) is 19.0 Å². The van der Waals surface area contributed by atoms with Gasteiger partial charge in [0.15, 0.2) is 17.5 Å². The van der Waals surface area contributed by atoms with Crippen molar-refractivity contribution in [2.75, 3.05) is 34.5 Å². The number of nitrogens with one attached hydrogen (secondary N) is 1. The van der Waals surface area contributed by atoms with E-state index in [0.29, 0.717) is 12.6 Å². The number of benzene rings is 1. The van der Waals surface area contributed by atoms with Gasteiger partial charge in [-0.25, -0.2) is 4.99 Å². The molecule has 7 nitrogen and oxygen atoms in total. The van der Waals surface area contributed by atoms with Gasteiger partial charge in [0.2, 0.25) is 12.7 Å². The highest BCUT2D eigenvalue weighted by Crippen LogP contribution is 2.32. The number of rotatable bonds is 5. The van der Waals surface area contributed by atoms with Crippen molar-refractivity contribution in [1.29, 1.82) is 0 Å². The van der Waals surface area contributed by atoms with Crippen molar-refractivity contribution >= 4 is 35.8 Å². The number of halogens is 1. The van der Waals surface area contributed by atoms with Crippen molar-refractivity contribution in [1.82, 2.24) is 15.1 Å². The van der Waals surface area contributed by atoms with E-state index < -0.39 is 0 Å². The smallest absolute Gasteiger partial charge is 0.243 e. The van der Waals surface area contributed by atoms with Crippen molar-refractivity contribution < 1.29 is 14.3 Å². The van der Waals surface area contributed by atoms with Crippen LogP contribution in [0, 0.1) is 0 Å². The fourth-order valence-electron chi connectivity index (χ4n) is 3.20. The number of carbonyl (C=O) groups excluding carboxylic acids is 1. The van der Waals surface area contributed by atoms with Crippen LogP contribution in [0.3, 0.4) is 0 Å². The van der Waals surface area contributed by atoms with E-state index in [1.807, 2.05) is 25.2 Å². The minimum atomic E-state index is -0.00722. The molecular formula is C19H29IN4O3. The van der Waals surface area contributed by atoms with Crippen LogP contribution in [-0.4, -0.2) is 62.2 Å². The van der Waals surface area contributed by atoms with Crippen molar-refractivity contribution in [2.45, 2.75) is 38.3 Å². The SMILES string of the molecule is CN(C)C(=O)CN=C(NC1CCCC1)N(C)Cc1ccc2c(c1)OCO2.I. The molecule has 1 aromatic rings. The molecule has 8 heteroatoms. The van der Waals surface area contributed by atoms with Gasteiger partial charge in [-0.1, -0.05) is 18.9 Å². The lowest BCUT2D eigenvalue weighted by Crippen LogP contribution is -2.43. The van der Waals surface area contributed by atoms with Crippen molar-refractivity contribution in [3.63, 3.8) is 0 Å². The number of hydrogen-bond donors (Lipinski definition) is 1. The molecule has 1 fully saturated rings. The summed E-state index contributed by atoms with van der Waals surface area (Å²) in [6.45, 7) is 1.09. The molecule has 1 aromatic carbocycles. The molecule has 0 aromatic heterocycles. The maximum Gasteiger partial charge on any atom is 0.243 e. The molecule has 0 unspecified atom stereocenters. The highest BCUT2D eigenvalue weighted by molar-refractivity contribution is 14.0. The van der Waals surface area contributed by atoms with E-state index in [0.717, 1.165) is 35.9 Å². The minimum absolute atomic E-state index is 0. The average molecular weight is 488 g/mol. The summed E-state index contributed by atoms with van der Waals surface area (Å²) in [5, 5.41) is 3.53. The Kier molecular flexibility index (Phi) is 8.00. The molecule has 1 heterocycles. The molecule has 27 heavy (non-hydrogen) atoms. The second-order valence-electron chi connectivity index (χ2n) is 7.10. The number of guanidine groups is 1. The summed E-state index contributed by atoms with van der Waals surface area (Å²) in [4.78, 5) is 20.1. The highest BCUT2D eigenvalue weighted by atomic mass is 127. The number of likely N-dealkylation sites (N-methyl/N-ethyl adjacent to an activating group) is 1. The number of aliphatic imine (C=N–C) groups is 1. The first-order valence-corrected chi connectivity index (χ1v) is 9.13. The maximum atomic E-state index is 11.9. The van der Waals surface area contributed by atoms with Crippen LogP contribution in [-0.2, 0) is 11.3 Å². The first-order valence-electron chi connectivity index (χ1n) is 9.13. The highest BCUT2D eigenvalue weighted by Gasteiger charge is 2.20. The van der Waals surface area contributed by atoms with Gasteiger partial charge in [-0.2, -0.15) is 0 Å². The fraction of sp³-hybridized carbons (Fsp3) is 0.579. The van der Waals surface area contributed by atoms with E-state index in [-0.39, 0.29) is 43.2 Å². The quantitative estimate of drug-likeness (QED) is 0.392. The Morgan fingerprint density at radius 1 is 1.19 bits per heavy atom. The molecule has 1 amide bonds. The third kappa shape index (κ3) is 5.88. The monoisotopic (exact) mass is 488 g/mol. The van der Waals surface area contributed by atoms with E-state index in [2.05, 4.69) is 15.2 Å². The number of carbonyl (C=O) groups is 1. The lowest BCUT2D eigenvalue weighted by Gasteiger charge is -2.25. The summed E-state index contributed by atoms with van der Waals surface area (Å²) in [5.74, 6) is 2.32. The van der Waals surface area contributed by atoms with Crippen LogP contribution in [0.15, 0.2) is 23.2 Å².